The number of fused-ring (bicyclic) bond motifs is 1. The fourth-order valence-electron chi connectivity index (χ4n) is 4.90. The van der Waals surface area contributed by atoms with Gasteiger partial charge in [-0.05, 0) is 57.7 Å². The Morgan fingerprint density at radius 2 is 2.03 bits per heavy atom. The lowest BCUT2D eigenvalue weighted by Gasteiger charge is -2.36. The summed E-state index contributed by atoms with van der Waals surface area (Å²) in [5.74, 6) is 0.519. The Morgan fingerprint density at radius 1 is 1.27 bits per heavy atom. The minimum absolute atomic E-state index is 0.00177. The highest BCUT2D eigenvalue weighted by molar-refractivity contribution is 6.05. The number of aromatic amines is 2. The van der Waals surface area contributed by atoms with Crippen LogP contribution in [0.15, 0.2) is 23.1 Å². The highest BCUT2D eigenvalue weighted by atomic mass is 16.5. The fraction of sp³-hybridized carbons (Fsp3) is 0.480. The number of carbonyl (C=O) groups is 1. The average molecular weight is 453 g/mol. The van der Waals surface area contributed by atoms with Crippen LogP contribution < -0.4 is 15.2 Å². The Balaban J connectivity index is 1.68. The Hall–Kier alpha value is -3.13. The molecule has 2 N–H and O–H groups in total. The van der Waals surface area contributed by atoms with E-state index in [1.165, 1.54) is 0 Å². The van der Waals surface area contributed by atoms with E-state index in [0.717, 1.165) is 60.4 Å². The van der Waals surface area contributed by atoms with Crippen LogP contribution in [0.4, 0.5) is 5.69 Å². The molecule has 0 spiro atoms. The summed E-state index contributed by atoms with van der Waals surface area (Å²) in [6.07, 6.45) is 4.21. The SMILES string of the molecule is CCN(c1c(C)c(C(=O)CCc2c(OC)cc(C)[nH]c2=O)cc2cn[nH]c12)C1CCOCC1. The van der Waals surface area contributed by atoms with Crippen LogP contribution >= 0.6 is 0 Å². The number of ether oxygens (including phenoxy) is 2. The van der Waals surface area contributed by atoms with Crippen LogP contribution in [0.25, 0.3) is 10.9 Å². The maximum absolute atomic E-state index is 13.4. The number of carbonyl (C=O) groups excluding carboxylic acids is 1. The van der Waals surface area contributed by atoms with Gasteiger partial charge >= 0.3 is 0 Å². The maximum atomic E-state index is 13.4. The lowest BCUT2D eigenvalue weighted by Crippen LogP contribution is -2.40. The number of rotatable bonds is 8. The van der Waals surface area contributed by atoms with Crippen molar-refractivity contribution in [3.05, 3.63) is 51.1 Å². The maximum Gasteiger partial charge on any atom is 0.255 e. The molecule has 4 rings (SSSR count). The van der Waals surface area contributed by atoms with E-state index in [4.69, 9.17) is 9.47 Å². The van der Waals surface area contributed by atoms with Crippen molar-refractivity contribution in [2.24, 2.45) is 0 Å². The zero-order chi connectivity index (χ0) is 23.5. The van der Waals surface area contributed by atoms with Gasteiger partial charge in [-0.3, -0.25) is 14.7 Å². The molecule has 0 atom stereocenters. The summed E-state index contributed by atoms with van der Waals surface area (Å²) in [6.45, 7) is 8.27. The molecule has 8 nitrogen and oxygen atoms in total. The first-order chi connectivity index (χ1) is 15.9. The van der Waals surface area contributed by atoms with Crippen LogP contribution in [-0.4, -0.2) is 53.9 Å². The molecule has 1 saturated heterocycles. The van der Waals surface area contributed by atoms with Crippen molar-refractivity contribution < 1.29 is 14.3 Å². The van der Waals surface area contributed by atoms with E-state index >= 15 is 0 Å². The Labute approximate surface area is 193 Å². The summed E-state index contributed by atoms with van der Waals surface area (Å²) >= 11 is 0. The van der Waals surface area contributed by atoms with Crippen LogP contribution in [0.5, 0.6) is 5.75 Å². The van der Waals surface area contributed by atoms with Gasteiger partial charge in [0, 0.05) is 48.9 Å². The third kappa shape index (κ3) is 4.53. The van der Waals surface area contributed by atoms with Crippen molar-refractivity contribution in [2.45, 2.75) is 52.5 Å². The molecule has 3 heterocycles. The summed E-state index contributed by atoms with van der Waals surface area (Å²) in [7, 11) is 1.54. The lowest BCUT2D eigenvalue weighted by molar-refractivity contribution is 0.0846. The van der Waals surface area contributed by atoms with E-state index in [9.17, 15) is 9.59 Å². The van der Waals surface area contributed by atoms with Crippen molar-refractivity contribution in [1.82, 2.24) is 15.2 Å². The fourth-order valence-corrected chi connectivity index (χ4v) is 4.90. The Bertz CT molecular complexity index is 1210. The normalized spacial score (nSPS) is 14.5. The third-order valence-electron chi connectivity index (χ3n) is 6.58. The number of benzene rings is 1. The number of methoxy groups -OCH3 is 1. The van der Waals surface area contributed by atoms with E-state index in [1.54, 1.807) is 19.4 Å². The minimum Gasteiger partial charge on any atom is -0.496 e. The molecule has 33 heavy (non-hydrogen) atoms. The van der Waals surface area contributed by atoms with Crippen molar-refractivity contribution in [1.29, 1.82) is 0 Å². The number of hydrogen-bond acceptors (Lipinski definition) is 6. The number of anilines is 1. The minimum atomic E-state index is -0.209. The second-order valence-corrected chi connectivity index (χ2v) is 8.61. The molecule has 1 aliphatic heterocycles. The van der Waals surface area contributed by atoms with Gasteiger partial charge in [-0.2, -0.15) is 5.10 Å². The van der Waals surface area contributed by atoms with Crippen molar-refractivity contribution in [2.75, 3.05) is 31.8 Å². The smallest absolute Gasteiger partial charge is 0.255 e. The number of hydrogen-bond donors (Lipinski definition) is 2. The molecule has 3 aromatic rings. The number of ketones is 1. The summed E-state index contributed by atoms with van der Waals surface area (Å²) in [5, 5.41) is 8.30. The topological polar surface area (TPSA) is 100 Å². The quantitative estimate of drug-likeness (QED) is 0.506. The number of Topliss-reactive ketones (excluding diaryl/α,β-unsaturated/α-hetero) is 1. The van der Waals surface area contributed by atoms with Crippen molar-refractivity contribution in [3.63, 3.8) is 0 Å². The highest BCUT2D eigenvalue weighted by Gasteiger charge is 2.26. The van der Waals surface area contributed by atoms with Gasteiger partial charge in [0.2, 0.25) is 0 Å². The van der Waals surface area contributed by atoms with E-state index in [0.29, 0.717) is 29.3 Å². The van der Waals surface area contributed by atoms with Gasteiger partial charge in [0.1, 0.15) is 5.75 Å². The predicted molar refractivity (Wildman–Crippen MR) is 129 cm³/mol. The first-order valence-electron chi connectivity index (χ1n) is 11.6. The zero-order valence-corrected chi connectivity index (χ0v) is 19.8. The van der Waals surface area contributed by atoms with Gasteiger partial charge in [0.05, 0.1) is 30.1 Å². The molecule has 1 aromatic carbocycles. The standard InChI is InChI=1S/C25H32N4O4/c1-5-29(18-8-10-33-11-9-18)24-16(3)20(13-17-14-26-28-23(17)24)21(30)7-6-19-22(32-4)12-15(2)27-25(19)31/h12-14,18H,5-11H2,1-4H3,(H,26,28)(H,27,31). The molecule has 0 bridgehead atoms. The lowest BCUT2D eigenvalue weighted by atomic mass is 9.94. The second kappa shape index (κ2) is 9.79. The molecule has 0 amide bonds. The highest BCUT2D eigenvalue weighted by Crippen LogP contribution is 2.35. The number of pyridine rings is 1. The summed E-state index contributed by atoms with van der Waals surface area (Å²) in [6, 6.07) is 4.05. The van der Waals surface area contributed by atoms with E-state index < -0.39 is 0 Å². The third-order valence-corrected chi connectivity index (χ3v) is 6.58. The van der Waals surface area contributed by atoms with Crippen LogP contribution in [0, 0.1) is 13.8 Å². The van der Waals surface area contributed by atoms with Crippen LogP contribution in [0.2, 0.25) is 0 Å². The zero-order valence-electron chi connectivity index (χ0n) is 19.8. The molecule has 0 unspecified atom stereocenters. The van der Waals surface area contributed by atoms with Crippen molar-refractivity contribution in [3.8, 4) is 5.75 Å². The van der Waals surface area contributed by atoms with Gasteiger partial charge < -0.3 is 19.4 Å². The number of nitrogens with one attached hydrogen (secondary N) is 2. The van der Waals surface area contributed by atoms with Crippen LogP contribution in [-0.2, 0) is 11.2 Å². The first kappa shape index (κ1) is 23.0. The van der Waals surface area contributed by atoms with Gasteiger partial charge in [0.25, 0.3) is 5.56 Å². The van der Waals surface area contributed by atoms with Gasteiger partial charge in [-0.25, -0.2) is 0 Å². The molecule has 0 radical (unpaired) electrons. The summed E-state index contributed by atoms with van der Waals surface area (Å²) in [4.78, 5) is 31.0. The van der Waals surface area contributed by atoms with Gasteiger partial charge in [-0.15, -0.1) is 0 Å². The van der Waals surface area contributed by atoms with E-state index in [1.807, 2.05) is 19.9 Å². The number of H-pyrrole nitrogens is 2. The second-order valence-electron chi connectivity index (χ2n) is 8.61. The van der Waals surface area contributed by atoms with Crippen LogP contribution in [0.1, 0.15) is 53.4 Å². The van der Waals surface area contributed by atoms with Crippen molar-refractivity contribution >= 4 is 22.4 Å². The number of aromatic nitrogens is 3. The van der Waals surface area contributed by atoms with Crippen LogP contribution in [0.3, 0.4) is 0 Å². The molecule has 1 fully saturated rings. The predicted octanol–water partition coefficient (Wildman–Crippen LogP) is 3.70. The molecular formula is C25H32N4O4. The number of aryl methyl sites for hydroxylation is 1. The van der Waals surface area contributed by atoms with E-state index in [-0.39, 0.29) is 17.8 Å². The molecular weight excluding hydrogens is 420 g/mol. The average Bonchev–Trinajstić information content (AvgIpc) is 3.28. The largest absolute Gasteiger partial charge is 0.496 e. The molecule has 0 aliphatic carbocycles. The Kier molecular flexibility index (Phi) is 6.83. The van der Waals surface area contributed by atoms with Gasteiger partial charge in [-0.1, -0.05) is 0 Å². The number of nitrogens with zero attached hydrogens (tertiary/aromatic N) is 2. The first-order valence-corrected chi connectivity index (χ1v) is 11.6. The molecule has 0 saturated carbocycles. The molecule has 1 aliphatic rings. The molecule has 2 aromatic heterocycles. The summed E-state index contributed by atoms with van der Waals surface area (Å²) in [5.41, 5.74) is 4.62. The molecule has 176 valence electrons. The monoisotopic (exact) mass is 452 g/mol. The van der Waals surface area contributed by atoms with E-state index in [2.05, 4.69) is 27.0 Å². The molecule has 8 heteroatoms. The Morgan fingerprint density at radius 3 is 2.73 bits per heavy atom. The van der Waals surface area contributed by atoms with Gasteiger partial charge in [0.15, 0.2) is 5.78 Å². The summed E-state index contributed by atoms with van der Waals surface area (Å²) < 4.78 is 11.0.